The second-order valence-electron chi connectivity index (χ2n) is 8.62. The van der Waals surface area contributed by atoms with E-state index in [1.165, 1.54) is 44.9 Å². The first-order valence-corrected chi connectivity index (χ1v) is 12.4. The maximum Gasteiger partial charge on any atom is 0.242 e. The summed E-state index contributed by atoms with van der Waals surface area (Å²) in [5.74, 6) is 0.947. The van der Waals surface area contributed by atoms with Gasteiger partial charge in [0, 0.05) is 12.8 Å². The number of unbranched alkanes of at least 4 members (excludes halogenated alkanes) is 7. The van der Waals surface area contributed by atoms with E-state index in [1.54, 1.807) is 5.01 Å². The number of benzene rings is 2. The van der Waals surface area contributed by atoms with Crippen LogP contribution in [0.3, 0.4) is 0 Å². The molecule has 4 heteroatoms. The number of nitrogens with zero attached hydrogens (tertiary/aromatic N) is 2. The van der Waals surface area contributed by atoms with Gasteiger partial charge in [-0.05, 0) is 29.7 Å². The zero-order valence-corrected chi connectivity index (χ0v) is 19.8. The Morgan fingerprint density at radius 3 is 2.22 bits per heavy atom. The molecular weight excluding hydrogens is 396 g/mol. The molecule has 4 nitrogen and oxygen atoms in total. The van der Waals surface area contributed by atoms with Gasteiger partial charge in [0.15, 0.2) is 0 Å². The van der Waals surface area contributed by atoms with Crippen LogP contribution in [0.4, 0.5) is 0 Å². The smallest absolute Gasteiger partial charge is 0.242 e. The van der Waals surface area contributed by atoms with Crippen LogP contribution in [-0.4, -0.2) is 23.2 Å². The zero-order chi connectivity index (χ0) is 22.6. The largest absolute Gasteiger partial charge is 0.494 e. The van der Waals surface area contributed by atoms with Gasteiger partial charge in [-0.15, -0.1) is 0 Å². The maximum atomic E-state index is 12.5. The number of carbonyl (C=O) groups is 1. The lowest BCUT2D eigenvalue weighted by Gasteiger charge is -2.21. The second-order valence-corrected chi connectivity index (χ2v) is 8.62. The normalized spacial score (nSPS) is 15.6. The summed E-state index contributed by atoms with van der Waals surface area (Å²) >= 11 is 0. The lowest BCUT2D eigenvalue weighted by Crippen LogP contribution is -2.26. The van der Waals surface area contributed by atoms with Crippen molar-refractivity contribution in [2.45, 2.75) is 84.1 Å². The topological polar surface area (TPSA) is 41.9 Å². The Morgan fingerprint density at radius 2 is 1.56 bits per heavy atom. The molecule has 0 aromatic heterocycles. The lowest BCUT2D eigenvalue weighted by molar-refractivity contribution is -0.132. The number of hydrogen-bond acceptors (Lipinski definition) is 3. The van der Waals surface area contributed by atoms with E-state index in [2.05, 4.69) is 36.3 Å². The van der Waals surface area contributed by atoms with Crippen LogP contribution >= 0.6 is 0 Å². The van der Waals surface area contributed by atoms with E-state index in [0.29, 0.717) is 6.42 Å². The minimum absolute atomic E-state index is 0.0518. The maximum absolute atomic E-state index is 12.5. The van der Waals surface area contributed by atoms with Crippen LogP contribution in [0.2, 0.25) is 0 Å². The molecule has 1 unspecified atom stereocenters. The first-order chi connectivity index (χ1) is 15.7. The van der Waals surface area contributed by atoms with E-state index >= 15 is 0 Å². The number of hydrogen-bond donors (Lipinski definition) is 0. The highest BCUT2D eigenvalue weighted by atomic mass is 16.5. The first kappa shape index (κ1) is 24.0. The van der Waals surface area contributed by atoms with Crippen molar-refractivity contribution in [2.75, 3.05) is 6.61 Å². The van der Waals surface area contributed by atoms with Gasteiger partial charge in [-0.3, -0.25) is 4.79 Å². The van der Waals surface area contributed by atoms with Gasteiger partial charge in [0.2, 0.25) is 5.91 Å². The lowest BCUT2D eigenvalue weighted by atomic mass is 9.98. The molecule has 0 fully saturated rings. The molecular formula is C28H38N2O2. The molecule has 1 aliphatic heterocycles. The van der Waals surface area contributed by atoms with Crippen molar-refractivity contribution in [1.29, 1.82) is 0 Å². The molecule has 1 heterocycles. The van der Waals surface area contributed by atoms with E-state index < -0.39 is 0 Å². The summed E-state index contributed by atoms with van der Waals surface area (Å²) < 4.78 is 5.95. The van der Waals surface area contributed by atoms with Gasteiger partial charge in [0.1, 0.15) is 5.75 Å². The highest BCUT2D eigenvalue weighted by Gasteiger charge is 2.32. The molecule has 3 rings (SSSR count). The highest BCUT2D eigenvalue weighted by molar-refractivity contribution is 6.03. The van der Waals surface area contributed by atoms with Crippen LogP contribution in [0.1, 0.15) is 95.2 Å². The summed E-state index contributed by atoms with van der Waals surface area (Å²) in [6.45, 7) is 4.91. The monoisotopic (exact) mass is 434 g/mol. The molecule has 0 saturated heterocycles. The van der Waals surface area contributed by atoms with Crippen molar-refractivity contribution >= 4 is 11.6 Å². The number of rotatable bonds is 13. The molecule has 0 spiro atoms. The Labute approximate surface area is 193 Å². The van der Waals surface area contributed by atoms with Crippen LogP contribution in [0.5, 0.6) is 5.75 Å². The molecule has 0 N–H and O–H groups in total. The van der Waals surface area contributed by atoms with Gasteiger partial charge in [-0.25, -0.2) is 5.01 Å². The molecule has 32 heavy (non-hydrogen) atoms. The third-order valence-electron chi connectivity index (χ3n) is 6.11. The summed E-state index contributed by atoms with van der Waals surface area (Å²) in [5, 5.41) is 6.35. The Hall–Kier alpha value is -2.62. The molecule has 1 aliphatic rings. The summed E-state index contributed by atoms with van der Waals surface area (Å²) in [6, 6.07) is 18.3. The van der Waals surface area contributed by atoms with E-state index in [0.717, 1.165) is 42.0 Å². The number of amides is 1. The van der Waals surface area contributed by atoms with Gasteiger partial charge in [-0.2, -0.15) is 5.10 Å². The molecule has 0 bridgehead atoms. The van der Waals surface area contributed by atoms with Crippen LogP contribution < -0.4 is 4.74 Å². The van der Waals surface area contributed by atoms with Gasteiger partial charge in [-0.1, -0.05) is 101 Å². The molecule has 0 aliphatic carbocycles. The van der Waals surface area contributed by atoms with E-state index in [9.17, 15) is 4.79 Å². The quantitative estimate of drug-likeness (QED) is 0.311. The number of carbonyl (C=O) groups excluding carboxylic acids is 1. The fourth-order valence-corrected chi connectivity index (χ4v) is 4.18. The van der Waals surface area contributed by atoms with Gasteiger partial charge in [0.05, 0.1) is 18.4 Å². The summed E-state index contributed by atoms with van der Waals surface area (Å²) in [6.07, 6.45) is 11.6. The van der Waals surface area contributed by atoms with E-state index in [-0.39, 0.29) is 11.9 Å². The number of ether oxygens (including phenoxy) is 1. The van der Waals surface area contributed by atoms with Crippen LogP contribution in [-0.2, 0) is 4.79 Å². The molecule has 0 saturated carbocycles. The zero-order valence-electron chi connectivity index (χ0n) is 19.8. The Balaban J connectivity index is 1.49. The van der Waals surface area contributed by atoms with Gasteiger partial charge >= 0.3 is 0 Å². The second kappa shape index (κ2) is 13.0. The third-order valence-corrected chi connectivity index (χ3v) is 6.11. The fraction of sp³-hybridized carbons (Fsp3) is 0.500. The average molecular weight is 435 g/mol. The SMILES string of the molecule is CCCCCCCCCCOc1ccc(C2CC(c3ccccc3)=NN2C(=O)CC)cc1. The van der Waals surface area contributed by atoms with E-state index in [4.69, 9.17) is 4.74 Å². The summed E-state index contributed by atoms with van der Waals surface area (Å²) in [5.41, 5.74) is 3.14. The van der Waals surface area contributed by atoms with Gasteiger partial charge < -0.3 is 4.74 Å². The Kier molecular flexibility index (Phi) is 9.80. The summed E-state index contributed by atoms with van der Waals surface area (Å²) in [4.78, 5) is 12.5. The molecule has 0 radical (unpaired) electrons. The third kappa shape index (κ3) is 6.94. The van der Waals surface area contributed by atoms with Crippen molar-refractivity contribution in [2.24, 2.45) is 5.10 Å². The van der Waals surface area contributed by atoms with Crippen molar-refractivity contribution in [3.8, 4) is 5.75 Å². The standard InChI is InChI=1S/C28H38N2O2/c1-3-5-6-7-8-9-10-14-21-32-25-19-17-24(18-20-25)27-22-26(23-15-12-11-13-16-23)29-30(27)28(31)4-2/h11-13,15-20,27H,3-10,14,21-22H2,1-2H3. The van der Waals surface area contributed by atoms with Crippen molar-refractivity contribution < 1.29 is 9.53 Å². The average Bonchev–Trinajstić information content (AvgIpc) is 3.29. The minimum Gasteiger partial charge on any atom is -0.494 e. The van der Waals surface area contributed by atoms with Gasteiger partial charge in [0.25, 0.3) is 0 Å². The summed E-state index contributed by atoms with van der Waals surface area (Å²) in [7, 11) is 0. The van der Waals surface area contributed by atoms with Crippen molar-refractivity contribution in [1.82, 2.24) is 5.01 Å². The molecule has 1 atom stereocenters. The molecule has 1 amide bonds. The molecule has 172 valence electrons. The van der Waals surface area contributed by atoms with Crippen LogP contribution in [0.15, 0.2) is 59.7 Å². The van der Waals surface area contributed by atoms with Crippen molar-refractivity contribution in [3.63, 3.8) is 0 Å². The Morgan fingerprint density at radius 1 is 0.906 bits per heavy atom. The fourth-order valence-electron chi connectivity index (χ4n) is 4.18. The Bertz CT molecular complexity index is 845. The van der Waals surface area contributed by atoms with E-state index in [1.807, 2.05) is 37.3 Å². The van der Waals surface area contributed by atoms with Crippen molar-refractivity contribution in [3.05, 3.63) is 65.7 Å². The highest BCUT2D eigenvalue weighted by Crippen LogP contribution is 2.34. The molecule has 2 aromatic carbocycles. The predicted octanol–water partition coefficient (Wildman–Crippen LogP) is 7.29. The number of hydrazone groups is 1. The van der Waals surface area contributed by atoms with Crippen LogP contribution in [0.25, 0.3) is 0 Å². The van der Waals surface area contributed by atoms with Crippen LogP contribution in [0, 0.1) is 0 Å². The minimum atomic E-state index is -0.0561. The first-order valence-electron chi connectivity index (χ1n) is 12.4. The molecule has 2 aromatic rings. The predicted molar refractivity (Wildman–Crippen MR) is 132 cm³/mol.